The minimum atomic E-state index is -1.04. The zero-order chi connectivity index (χ0) is 16.4. The smallest absolute Gasteiger partial charge is 0.340 e. The van der Waals surface area contributed by atoms with Crippen molar-refractivity contribution in [1.29, 1.82) is 0 Å². The maximum absolute atomic E-state index is 12.1. The van der Waals surface area contributed by atoms with Crippen LogP contribution in [0.25, 0.3) is 0 Å². The van der Waals surface area contributed by atoms with Crippen LogP contribution in [-0.4, -0.2) is 29.0 Å². The first-order chi connectivity index (χ1) is 10.2. The summed E-state index contributed by atoms with van der Waals surface area (Å²) in [6.07, 6.45) is 0.380. The topological polar surface area (TPSA) is 65.0 Å². The summed E-state index contributed by atoms with van der Waals surface area (Å²) in [4.78, 5) is 28.3. The number of aliphatic imine (C=N–C) groups is 1. The molecule has 118 valence electrons. The molecule has 5 heteroatoms. The first-order valence-corrected chi connectivity index (χ1v) is 7.29. The van der Waals surface area contributed by atoms with Gasteiger partial charge in [0.2, 0.25) is 5.90 Å². The summed E-state index contributed by atoms with van der Waals surface area (Å²) in [5, 5.41) is 0. The van der Waals surface area contributed by atoms with Crippen LogP contribution in [-0.2, 0) is 19.1 Å². The van der Waals surface area contributed by atoms with Crippen molar-refractivity contribution in [1.82, 2.24) is 0 Å². The van der Waals surface area contributed by atoms with Gasteiger partial charge in [-0.15, -0.1) is 0 Å². The molecule has 22 heavy (non-hydrogen) atoms. The summed E-state index contributed by atoms with van der Waals surface area (Å²) >= 11 is 0. The molecule has 1 atom stereocenters. The maximum Gasteiger partial charge on any atom is 0.340 e. The lowest BCUT2D eigenvalue weighted by Crippen LogP contribution is -2.32. The molecule has 5 nitrogen and oxygen atoms in total. The molecule has 2 rings (SSSR count). The average molecular weight is 303 g/mol. The number of esters is 2. The summed E-state index contributed by atoms with van der Waals surface area (Å²) in [7, 11) is 0. The van der Waals surface area contributed by atoms with Crippen LogP contribution in [0.4, 0.5) is 0 Å². The van der Waals surface area contributed by atoms with Crippen LogP contribution in [0.1, 0.15) is 46.1 Å². The number of benzene rings is 1. The van der Waals surface area contributed by atoms with Gasteiger partial charge >= 0.3 is 11.9 Å². The number of hydrogen-bond acceptors (Lipinski definition) is 5. The van der Waals surface area contributed by atoms with Crippen molar-refractivity contribution in [2.24, 2.45) is 4.99 Å². The van der Waals surface area contributed by atoms with Gasteiger partial charge in [-0.25, -0.2) is 9.79 Å². The van der Waals surface area contributed by atoms with Crippen molar-refractivity contribution in [3.63, 3.8) is 0 Å². The summed E-state index contributed by atoms with van der Waals surface area (Å²) in [5.41, 5.74) is -0.828. The molecule has 0 fully saturated rings. The van der Waals surface area contributed by atoms with Crippen LogP contribution >= 0.6 is 0 Å². The third-order valence-corrected chi connectivity index (χ3v) is 3.23. The fourth-order valence-corrected chi connectivity index (χ4v) is 2.09. The lowest BCUT2D eigenvalue weighted by Gasteiger charge is -2.21. The van der Waals surface area contributed by atoms with E-state index < -0.39 is 17.1 Å². The second-order valence-corrected chi connectivity index (χ2v) is 6.53. The van der Waals surface area contributed by atoms with Crippen molar-refractivity contribution >= 4 is 17.8 Å². The Morgan fingerprint density at radius 2 is 1.91 bits per heavy atom. The SMILES string of the molecule is CC(C)(C)OC(=O)CC[C@]1(C)N=C(c2ccccc2)OC1=O. The van der Waals surface area contributed by atoms with Gasteiger partial charge in [-0.1, -0.05) is 18.2 Å². The molecule has 0 saturated heterocycles. The van der Waals surface area contributed by atoms with E-state index in [9.17, 15) is 9.59 Å². The van der Waals surface area contributed by atoms with Gasteiger partial charge in [0.25, 0.3) is 0 Å². The molecule has 0 saturated carbocycles. The number of carbonyl (C=O) groups is 2. The van der Waals surface area contributed by atoms with Crippen molar-refractivity contribution < 1.29 is 19.1 Å². The van der Waals surface area contributed by atoms with Gasteiger partial charge in [-0.05, 0) is 46.2 Å². The summed E-state index contributed by atoms with van der Waals surface area (Å²) in [6.45, 7) is 7.10. The molecule has 0 spiro atoms. The van der Waals surface area contributed by atoms with Crippen LogP contribution in [0.3, 0.4) is 0 Å². The van der Waals surface area contributed by atoms with E-state index in [-0.39, 0.29) is 18.8 Å². The highest BCUT2D eigenvalue weighted by Gasteiger charge is 2.42. The van der Waals surface area contributed by atoms with Crippen molar-refractivity contribution in [3.05, 3.63) is 35.9 Å². The van der Waals surface area contributed by atoms with Gasteiger partial charge in [0.15, 0.2) is 5.54 Å². The minimum absolute atomic E-state index is 0.119. The molecule has 0 aliphatic carbocycles. The van der Waals surface area contributed by atoms with E-state index in [4.69, 9.17) is 9.47 Å². The van der Waals surface area contributed by atoms with Crippen LogP contribution in [0.5, 0.6) is 0 Å². The maximum atomic E-state index is 12.1. The molecule has 0 bridgehead atoms. The van der Waals surface area contributed by atoms with E-state index in [0.717, 1.165) is 5.56 Å². The predicted octanol–water partition coefficient (Wildman–Crippen LogP) is 2.87. The third kappa shape index (κ3) is 3.93. The van der Waals surface area contributed by atoms with Gasteiger partial charge in [0.1, 0.15) is 5.60 Å². The van der Waals surface area contributed by atoms with Gasteiger partial charge in [0.05, 0.1) is 0 Å². The first kappa shape index (κ1) is 16.2. The second kappa shape index (κ2) is 5.91. The van der Waals surface area contributed by atoms with Crippen molar-refractivity contribution in [3.8, 4) is 0 Å². The highest BCUT2D eigenvalue weighted by atomic mass is 16.6. The van der Waals surface area contributed by atoms with Crippen LogP contribution < -0.4 is 0 Å². The van der Waals surface area contributed by atoms with E-state index >= 15 is 0 Å². The van der Waals surface area contributed by atoms with E-state index in [0.29, 0.717) is 5.90 Å². The second-order valence-electron chi connectivity index (χ2n) is 6.53. The van der Waals surface area contributed by atoms with Crippen LogP contribution in [0, 0.1) is 0 Å². The highest BCUT2D eigenvalue weighted by molar-refractivity contribution is 6.07. The Hall–Kier alpha value is -2.17. The van der Waals surface area contributed by atoms with E-state index in [1.54, 1.807) is 6.92 Å². The third-order valence-electron chi connectivity index (χ3n) is 3.23. The fourth-order valence-electron chi connectivity index (χ4n) is 2.09. The standard InChI is InChI=1S/C17H21NO4/c1-16(2,3)22-13(19)10-11-17(4)15(20)21-14(18-17)12-8-6-5-7-9-12/h5-9H,10-11H2,1-4H3/t17-/m0/s1. The number of nitrogens with zero attached hydrogens (tertiary/aromatic N) is 1. The normalized spacial score (nSPS) is 21.3. The lowest BCUT2D eigenvalue weighted by molar-refractivity contribution is -0.155. The highest BCUT2D eigenvalue weighted by Crippen LogP contribution is 2.28. The monoisotopic (exact) mass is 303 g/mol. The largest absolute Gasteiger partial charge is 0.460 e. The van der Waals surface area contributed by atoms with Crippen molar-refractivity contribution in [2.75, 3.05) is 0 Å². The fraction of sp³-hybridized carbons (Fsp3) is 0.471. The predicted molar refractivity (Wildman–Crippen MR) is 82.6 cm³/mol. The molecule has 1 aromatic rings. The molecule has 1 heterocycles. The zero-order valence-electron chi connectivity index (χ0n) is 13.4. The van der Waals surface area contributed by atoms with Gasteiger partial charge in [-0.3, -0.25) is 4.79 Å². The quantitative estimate of drug-likeness (QED) is 0.802. The molecule has 0 unspecified atom stereocenters. The number of cyclic esters (lactones) is 1. The Morgan fingerprint density at radius 3 is 2.50 bits per heavy atom. The van der Waals surface area contributed by atoms with E-state index in [1.807, 2.05) is 51.1 Å². The number of rotatable bonds is 4. The van der Waals surface area contributed by atoms with Gasteiger partial charge in [-0.2, -0.15) is 0 Å². The average Bonchev–Trinajstić information content (AvgIpc) is 2.73. The van der Waals surface area contributed by atoms with Crippen LogP contribution in [0.2, 0.25) is 0 Å². The van der Waals surface area contributed by atoms with Gasteiger partial charge in [0, 0.05) is 12.0 Å². The summed E-state index contributed by atoms with van der Waals surface area (Å²) < 4.78 is 10.5. The Bertz CT molecular complexity index is 601. The molecule has 1 aliphatic rings. The molecule has 1 aliphatic heterocycles. The van der Waals surface area contributed by atoms with E-state index in [2.05, 4.69) is 4.99 Å². The number of carbonyl (C=O) groups excluding carboxylic acids is 2. The summed E-state index contributed by atoms with van der Waals surface area (Å²) in [5.74, 6) is -0.475. The van der Waals surface area contributed by atoms with Gasteiger partial charge < -0.3 is 9.47 Å². The number of hydrogen-bond donors (Lipinski definition) is 0. The Labute approximate surface area is 130 Å². The molecule has 0 N–H and O–H groups in total. The zero-order valence-corrected chi connectivity index (χ0v) is 13.4. The van der Waals surface area contributed by atoms with Crippen molar-refractivity contribution in [2.45, 2.75) is 51.7 Å². The first-order valence-electron chi connectivity index (χ1n) is 7.29. The summed E-state index contributed by atoms with van der Waals surface area (Å²) in [6, 6.07) is 9.23. The van der Waals surface area contributed by atoms with E-state index in [1.165, 1.54) is 0 Å². The molecular formula is C17H21NO4. The molecule has 1 aromatic carbocycles. The molecular weight excluding hydrogens is 282 g/mol. The number of ether oxygens (including phenoxy) is 2. The molecule has 0 amide bonds. The minimum Gasteiger partial charge on any atom is -0.460 e. The Morgan fingerprint density at radius 1 is 1.27 bits per heavy atom. The Kier molecular flexibility index (Phi) is 4.35. The lowest BCUT2D eigenvalue weighted by atomic mass is 9.97. The Balaban J connectivity index is 2.05. The molecule has 0 aromatic heterocycles. The molecule has 0 radical (unpaired) electrons. The van der Waals surface area contributed by atoms with Crippen LogP contribution in [0.15, 0.2) is 35.3 Å².